The molecule has 7 nitrogen and oxygen atoms in total. The first-order valence-electron chi connectivity index (χ1n) is 8.47. The van der Waals surface area contributed by atoms with E-state index in [4.69, 9.17) is 27.9 Å². The summed E-state index contributed by atoms with van der Waals surface area (Å²) in [5.41, 5.74) is 1.13. The number of nitrogens with zero attached hydrogens (tertiary/aromatic N) is 2. The van der Waals surface area contributed by atoms with Gasteiger partial charge in [-0.3, -0.25) is 9.69 Å². The standard InChI is InChI=1S/C17H21Cl2N5O2/c18-13-3-2-12(10-14(13)19)22-17-21-11-15(23-17)16(25)20-4-1-5-24-6-8-26-9-7-24/h2-3,10-11H,1,4-9H2,(H,20,25)(H2,21,22,23). The number of hydrogen-bond donors (Lipinski definition) is 3. The molecule has 1 aliphatic heterocycles. The van der Waals surface area contributed by atoms with Crippen molar-refractivity contribution in [3.8, 4) is 0 Å². The summed E-state index contributed by atoms with van der Waals surface area (Å²) in [6, 6.07) is 5.16. The van der Waals surface area contributed by atoms with Crippen molar-refractivity contribution in [1.29, 1.82) is 0 Å². The summed E-state index contributed by atoms with van der Waals surface area (Å²) >= 11 is 11.9. The number of aromatic amines is 1. The highest BCUT2D eigenvalue weighted by Crippen LogP contribution is 2.26. The maximum Gasteiger partial charge on any atom is 0.269 e. The average Bonchev–Trinajstić information content (AvgIpc) is 3.11. The number of H-pyrrole nitrogens is 1. The second-order valence-corrected chi connectivity index (χ2v) is 6.78. The topological polar surface area (TPSA) is 82.3 Å². The minimum absolute atomic E-state index is 0.179. The molecule has 2 heterocycles. The Bertz CT molecular complexity index is 747. The first-order valence-corrected chi connectivity index (χ1v) is 9.23. The molecule has 9 heteroatoms. The molecule has 1 aromatic carbocycles. The normalized spacial score (nSPS) is 15.0. The number of amides is 1. The Morgan fingerprint density at radius 1 is 1.27 bits per heavy atom. The van der Waals surface area contributed by atoms with Crippen LogP contribution in [0, 0.1) is 0 Å². The van der Waals surface area contributed by atoms with Crippen LogP contribution in [0.3, 0.4) is 0 Å². The molecule has 1 aromatic heterocycles. The Kier molecular flexibility index (Phi) is 6.73. The number of benzene rings is 1. The molecular weight excluding hydrogens is 377 g/mol. The van der Waals surface area contributed by atoms with Crippen molar-refractivity contribution >= 4 is 40.7 Å². The van der Waals surface area contributed by atoms with Crippen molar-refractivity contribution in [2.75, 3.05) is 44.7 Å². The summed E-state index contributed by atoms with van der Waals surface area (Å²) in [5.74, 6) is 0.281. The molecule has 140 valence electrons. The Balaban J connectivity index is 1.44. The van der Waals surface area contributed by atoms with Crippen LogP contribution in [0.2, 0.25) is 10.0 Å². The number of imidazole rings is 1. The molecule has 3 N–H and O–H groups in total. The highest BCUT2D eigenvalue weighted by atomic mass is 35.5. The highest BCUT2D eigenvalue weighted by molar-refractivity contribution is 6.42. The van der Waals surface area contributed by atoms with E-state index in [0.717, 1.165) is 45.0 Å². The van der Waals surface area contributed by atoms with Gasteiger partial charge in [-0.1, -0.05) is 23.2 Å². The molecule has 0 spiro atoms. The second kappa shape index (κ2) is 9.23. The number of nitrogens with one attached hydrogen (secondary N) is 3. The first-order chi connectivity index (χ1) is 12.6. The van der Waals surface area contributed by atoms with Gasteiger partial charge in [0.1, 0.15) is 5.69 Å². The predicted molar refractivity (Wildman–Crippen MR) is 103 cm³/mol. The Morgan fingerprint density at radius 2 is 2.08 bits per heavy atom. The summed E-state index contributed by atoms with van der Waals surface area (Å²) in [4.78, 5) is 21.6. The van der Waals surface area contributed by atoms with Gasteiger partial charge in [-0.15, -0.1) is 0 Å². The van der Waals surface area contributed by atoms with E-state index >= 15 is 0 Å². The second-order valence-electron chi connectivity index (χ2n) is 5.96. The van der Waals surface area contributed by atoms with E-state index in [2.05, 4.69) is 25.5 Å². The van der Waals surface area contributed by atoms with Crippen LogP contribution in [0.5, 0.6) is 0 Å². The third kappa shape index (κ3) is 5.35. The third-order valence-electron chi connectivity index (χ3n) is 4.04. The van der Waals surface area contributed by atoms with Crippen molar-refractivity contribution < 1.29 is 9.53 Å². The summed E-state index contributed by atoms with van der Waals surface area (Å²) in [6.45, 7) is 5.06. The summed E-state index contributed by atoms with van der Waals surface area (Å²) in [5, 5.41) is 6.87. The summed E-state index contributed by atoms with van der Waals surface area (Å²) < 4.78 is 5.32. The Hall–Kier alpha value is -1.80. The number of halogens is 2. The molecule has 0 bridgehead atoms. The molecule has 0 aliphatic carbocycles. The van der Waals surface area contributed by atoms with Gasteiger partial charge in [0, 0.05) is 25.3 Å². The van der Waals surface area contributed by atoms with Crippen molar-refractivity contribution in [2.45, 2.75) is 6.42 Å². The lowest BCUT2D eigenvalue weighted by molar-refractivity contribution is 0.0374. The number of rotatable bonds is 7. The van der Waals surface area contributed by atoms with Crippen molar-refractivity contribution in [3.05, 3.63) is 40.1 Å². The largest absolute Gasteiger partial charge is 0.379 e. The van der Waals surface area contributed by atoms with Crippen LogP contribution in [-0.2, 0) is 4.74 Å². The van der Waals surface area contributed by atoms with Gasteiger partial charge in [0.15, 0.2) is 0 Å². The molecule has 0 unspecified atom stereocenters. The molecule has 0 atom stereocenters. The Morgan fingerprint density at radius 3 is 2.85 bits per heavy atom. The van der Waals surface area contributed by atoms with Gasteiger partial charge >= 0.3 is 0 Å². The highest BCUT2D eigenvalue weighted by Gasteiger charge is 2.12. The lowest BCUT2D eigenvalue weighted by atomic mass is 10.3. The van der Waals surface area contributed by atoms with Gasteiger partial charge in [0.2, 0.25) is 5.95 Å². The maximum atomic E-state index is 12.2. The van der Waals surface area contributed by atoms with Crippen LogP contribution in [0.4, 0.5) is 11.6 Å². The van der Waals surface area contributed by atoms with Crippen LogP contribution in [0.1, 0.15) is 16.9 Å². The van der Waals surface area contributed by atoms with E-state index in [1.807, 2.05) is 0 Å². The van der Waals surface area contributed by atoms with Crippen LogP contribution >= 0.6 is 23.2 Å². The minimum atomic E-state index is -0.179. The lowest BCUT2D eigenvalue weighted by Crippen LogP contribution is -2.38. The van der Waals surface area contributed by atoms with E-state index < -0.39 is 0 Å². The SMILES string of the molecule is O=C(NCCCN1CCOCC1)c1cnc(Nc2ccc(Cl)c(Cl)c2)[nH]1. The van der Waals surface area contributed by atoms with Crippen molar-refractivity contribution in [3.63, 3.8) is 0 Å². The zero-order chi connectivity index (χ0) is 18.4. The van der Waals surface area contributed by atoms with E-state index in [9.17, 15) is 4.79 Å². The van der Waals surface area contributed by atoms with Gasteiger partial charge in [-0.05, 0) is 31.2 Å². The molecule has 3 rings (SSSR count). The zero-order valence-corrected chi connectivity index (χ0v) is 15.7. The molecular formula is C17H21Cl2N5O2. The van der Waals surface area contributed by atoms with Gasteiger partial charge in [-0.25, -0.2) is 4.98 Å². The third-order valence-corrected chi connectivity index (χ3v) is 4.78. The number of aromatic nitrogens is 2. The van der Waals surface area contributed by atoms with E-state index in [1.165, 1.54) is 6.20 Å². The van der Waals surface area contributed by atoms with Crippen LogP contribution < -0.4 is 10.6 Å². The van der Waals surface area contributed by atoms with E-state index in [1.54, 1.807) is 18.2 Å². The fraction of sp³-hybridized carbons (Fsp3) is 0.412. The molecule has 0 saturated carbocycles. The molecule has 2 aromatic rings. The number of hydrogen-bond acceptors (Lipinski definition) is 5. The fourth-order valence-electron chi connectivity index (χ4n) is 2.64. The molecule has 1 amide bonds. The van der Waals surface area contributed by atoms with Crippen molar-refractivity contribution in [1.82, 2.24) is 20.2 Å². The maximum absolute atomic E-state index is 12.2. The van der Waals surface area contributed by atoms with Gasteiger partial charge in [0.25, 0.3) is 5.91 Å². The first kappa shape index (κ1) is 19.0. The van der Waals surface area contributed by atoms with Gasteiger partial charge in [0.05, 0.1) is 29.5 Å². The predicted octanol–water partition coefficient (Wildman–Crippen LogP) is 2.91. The Labute approximate surface area is 162 Å². The molecule has 1 aliphatic rings. The van der Waals surface area contributed by atoms with Gasteiger partial charge < -0.3 is 20.4 Å². The van der Waals surface area contributed by atoms with Crippen LogP contribution in [-0.4, -0.2) is 60.2 Å². The number of ether oxygens (including phenoxy) is 1. The number of carbonyl (C=O) groups is 1. The number of anilines is 2. The van der Waals surface area contributed by atoms with E-state index in [0.29, 0.717) is 28.2 Å². The molecule has 1 fully saturated rings. The van der Waals surface area contributed by atoms with E-state index in [-0.39, 0.29) is 5.91 Å². The smallest absolute Gasteiger partial charge is 0.269 e. The molecule has 26 heavy (non-hydrogen) atoms. The zero-order valence-electron chi connectivity index (χ0n) is 14.2. The van der Waals surface area contributed by atoms with Crippen LogP contribution in [0.15, 0.2) is 24.4 Å². The van der Waals surface area contributed by atoms with Crippen LogP contribution in [0.25, 0.3) is 0 Å². The monoisotopic (exact) mass is 397 g/mol. The lowest BCUT2D eigenvalue weighted by Gasteiger charge is -2.26. The summed E-state index contributed by atoms with van der Waals surface area (Å²) in [7, 11) is 0. The number of morpholine rings is 1. The van der Waals surface area contributed by atoms with Gasteiger partial charge in [-0.2, -0.15) is 0 Å². The fourth-order valence-corrected chi connectivity index (χ4v) is 2.93. The summed E-state index contributed by atoms with van der Waals surface area (Å²) in [6.07, 6.45) is 2.39. The minimum Gasteiger partial charge on any atom is -0.379 e. The molecule has 1 saturated heterocycles. The molecule has 0 radical (unpaired) electrons. The van der Waals surface area contributed by atoms with Crippen molar-refractivity contribution in [2.24, 2.45) is 0 Å². The quantitative estimate of drug-likeness (QED) is 0.625. The average molecular weight is 398 g/mol. The number of carbonyl (C=O) groups excluding carboxylic acids is 1.